The van der Waals surface area contributed by atoms with Crippen molar-refractivity contribution in [2.75, 3.05) is 13.1 Å². The van der Waals surface area contributed by atoms with Crippen molar-refractivity contribution in [1.29, 1.82) is 0 Å². The van der Waals surface area contributed by atoms with E-state index in [2.05, 4.69) is 10.6 Å². The molecular formula is C13H19N3O3. The quantitative estimate of drug-likeness (QED) is 0.745. The normalized spacial score (nSPS) is 17.9. The van der Waals surface area contributed by atoms with Crippen LogP contribution in [0.4, 0.5) is 0 Å². The maximum Gasteiger partial charge on any atom is 0.325 e. The summed E-state index contributed by atoms with van der Waals surface area (Å²) in [4.78, 5) is 22.8. The van der Waals surface area contributed by atoms with Crippen LogP contribution in [0.25, 0.3) is 0 Å². The van der Waals surface area contributed by atoms with Gasteiger partial charge < -0.3 is 20.3 Å². The molecule has 0 bridgehead atoms. The number of carboxylic acid groups (broad SMARTS) is 1. The fourth-order valence-electron chi connectivity index (χ4n) is 2.32. The Morgan fingerprint density at radius 1 is 1.47 bits per heavy atom. The highest BCUT2D eigenvalue weighted by atomic mass is 16.4. The molecule has 2 rings (SSSR count). The molecule has 1 atom stereocenters. The number of rotatable bonds is 4. The summed E-state index contributed by atoms with van der Waals surface area (Å²) in [5.41, 5.74) is 0.528. The third-order valence-electron chi connectivity index (χ3n) is 3.43. The van der Waals surface area contributed by atoms with E-state index in [9.17, 15) is 9.59 Å². The zero-order valence-electron chi connectivity index (χ0n) is 10.9. The second kappa shape index (κ2) is 5.88. The van der Waals surface area contributed by atoms with Crippen molar-refractivity contribution < 1.29 is 14.7 Å². The van der Waals surface area contributed by atoms with Gasteiger partial charge in [0.05, 0.1) is 0 Å². The molecule has 1 unspecified atom stereocenters. The molecule has 0 aliphatic carbocycles. The number of nitrogens with zero attached hydrogens (tertiary/aromatic N) is 1. The smallest absolute Gasteiger partial charge is 0.325 e. The van der Waals surface area contributed by atoms with E-state index >= 15 is 0 Å². The van der Waals surface area contributed by atoms with Crippen LogP contribution in [0.15, 0.2) is 18.3 Å². The van der Waals surface area contributed by atoms with Crippen molar-refractivity contribution in [3.8, 4) is 0 Å². The van der Waals surface area contributed by atoms with Gasteiger partial charge >= 0.3 is 5.97 Å². The first kappa shape index (κ1) is 13.6. The van der Waals surface area contributed by atoms with Gasteiger partial charge in [-0.1, -0.05) is 0 Å². The Labute approximate surface area is 111 Å². The van der Waals surface area contributed by atoms with E-state index < -0.39 is 12.0 Å². The molecule has 0 radical (unpaired) electrons. The minimum absolute atomic E-state index is 0.303. The molecule has 1 saturated heterocycles. The van der Waals surface area contributed by atoms with Crippen LogP contribution < -0.4 is 10.6 Å². The van der Waals surface area contributed by atoms with Gasteiger partial charge in [-0.15, -0.1) is 0 Å². The highest BCUT2D eigenvalue weighted by molar-refractivity contribution is 5.95. The van der Waals surface area contributed by atoms with Crippen LogP contribution >= 0.6 is 0 Å². The number of aliphatic carboxylic acids is 1. The molecule has 3 N–H and O–H groups in total. The van der Waals surface area contributed by atoms with Gasteiger partial charge in [-0.05, 0) is 45.0 Å². The van der Waals surface area contributed by atoms with E-state index in [4.69, 9.17) is 5.11 Å². The number of nitrogens with one attached hydrogen (secondary N) is 2. The average Bonchev–Trinajstić information content (AvgIpc) is 2.88. The number of carboxylic acids is 1. The molecule has 6 nitrogen and oxygen atoms in total. The van der Waals surface area contributed by atoms with Gasteiger partial charge in [0.1, 0.15) is 11.7 Å². The lowest BCUT2D eigenvalue weighted by Crippen LogP contribution is -2.40. The topological polar surface area (TPSA) is 83.4 Å². The monoisotopic (exact) mass is 265 g/mol. The fraction of sp³-hybridized carbons (Fsp3) is 0.538. The summed E-state index contributed by atoms with van der Waals surface area (Å²) < 4.78 is 1.95. The zero-order valence-corrected chi connectivity index (χ0v) is 10.9. The third kappa shape index (κ3) is 3.14. The Morgan fingerprint density at radius 2 is 2.16 bits per heavy atom. The number of carbonyl (C=O) groups is 2. The van der Waals surface area contributed by atoms with Crippen molar-refractivity contribution in [2.45, 2.75) is 31.8 Å². The lowest BCUT2D eigenvalue weighted by atomic mass is 10.1. The first-order valence-corrected chi connectivity index (χ1v) is 6.51. The average molecular weight is 265 g/mol. The van der Waals surface area contributed by atoms with Crippen molar-refractivity contribution >= 4 is 11.9 Å². The van der Waals surface area contributed by atoms with Gasteiger partial charge in [0, 0.05) is 12.2 Å². The summed E-state index contributed by atoms with van der Waals surface area (Å²) in [6.07, 6.45) is 3.84. The van der Waals surface area contributed by atoms with Crippen molar-refractivity contribution in [2.24, 2.45) is 0 Å². The number of piperidine rings is 1. The number of amides is 1. The first-order chi connectivity index (χ1) is 9.09. The van der Waals surface area contributed by atoms with Crippen LogP contribution in [0.3, 0.4) is 0 Å². The number of aromatic nitrogens is 1. The van der Waals surface area contributed by atoms with Crippen LogP contribution in [0.5, 0.6) is 0 Å². The third-order valence-corrected chi connectivity index (χ3v) is 3.43. The maximum atomic E-state index is 12.1. The van der Waals surface area contributed by atoms with Gasteiger partial charge in [0.25, 0.3) is 5.91 Å². The summed E-state index contributed by atoms with van der Waals surface area (Å²) in [6, 6.07) is 2.97. The molecule has 0 saturated carbocycles. The van der Waals surface area contributed by atoms with Gasteiger partial charge in [0.15, 0.2) is 0 Å². The van der Waals surface area contributed by atoms with E-state index in [-0.39, 0.29) is 5.91 Å². The predicted octanol–water partition coefficient (Wildman–Crippen LogP) is 0.615. The van der Waals surface area contributed by atoms with E-state index in [0.717, 1.165) is 25.9 Å². The van der Waals surface area contributed by atoms with Crippen LogP contribution in [-0.2, 0) is 4.79 Å². The molecule has 1 aliphatic heterocycles. The first-order valence-electron chi connectivity index (χ1n) is 6.51. The van der Waals surface area contributed by atoms with Crippen LogP contribution in [0.2, 0.25) is 0 Å². The highest BCUT2D eigenvalue weighted by Gasteiger charge is 2.22. The molecule has 1 aromatic heterocycles. The van der Waals surface area contributed by atoms with Crippen LogP contribution in [0.1, 0.15) is 36.3 Å². The van der Waals surface area contributed by atoms with Crippen molar-refractivity contribution in [3.63, 3.8) is 0 Å². The number of hydrogen-bond acceptors (Lipinski definition) is 3. The van der Waals surface area contributed by atoms with Gasteiger partial charge in [-0.3, -0.25) is 9.59 Å². The van der Waals surface area contributed by atoms with Crippen molar-refractivity contribution in [3.05, 3.63) is 24.0 Å². The summed E-state index contributed by atoms with van der Waals surface area (Å²) in [5, 5.41) is 14.6. The molecular weight excluding hydrogens is 246 g/mol. The minimum atomic E-state index is -1.03. The lowest BCUT2D eigenvalue weighted by Gasteiger charge is -2.26. The highest BCUT2D eigenvalue weighted by Crippen LogP contribution is 2.21. The Kier molecular flexibility index (Phi) is 4.21. The second-order valence-corrected chi connectivity index (χ2v) is 4.82. The van der Waals surface area contributed by atoms with E-state index in [1.54, 1.807) is 6.07 Å². The van der Waals surface area contributed by atoms with E-state index in [0.29, 0.717) is 11.7 Å². The van der Waals surface area contributed by atoms with Crippen LogP contribution in [-0.4, -0.2) is 40.7 Å². The molecule has 0 spiro atoms. The fourth-order valence-corrected chi connectivity index (χ4v) is 2.32. The van der Waals surface area contributed by atoms with Gasteiger partial charge in [0.2, 0.25) is 0 Å². The predicted molar refractivity (Wildman–Crippen MR) is 70.1 cm³/mol. The zero-order chi connectivity index (χ0) is 13.8. The molecule has 1 fully saturated rings. The Morgan fingerprint density at radius 3 is 2.79 bits per heavy atom. The minimum Gasteiger partial charge on any atom is -0.480 e. The SMILES string of the molecule is CC(NC(=O)c1cccn1C1CCNCC1)C(=O)O. The molecule has 0 aromatic carbocycles. The molecule has 6 heteroatoms. The molecule has 104 valence electrons. The summed E-state index contributed by atoms with van der Waals surface area (Å²) >= 11 is 0. The Hall–Kier alpha value is -1.82. The molecule has 1 amide bonds. The number of carbonyl (C=O) groups excluding carboxylic acids is 1. The van der Waals surface area contributed by atoms with Crippen molar-refractivity contribution in [1.82, 2.24) is 15.2 Å². The van der Waals surface area contributed by atoms with Crippen LogP contribution in [0, 0.1) is 0 Å². The summed E-state index contributed by atoms with van der Waals surface area (Å²) in [7, 11) is 0. The Bertz CT molecular complexity index is 463. The largest absolute Gasteiger partial charge is 0.480 e. The molecule has 19 heavy (non-hydrogen) atoms. The Balaban J connectivity index is 2.10. The standard InChI is InChI=1S/C13H19N3O3/c1-9(13(18)19)15-12(17)11-3-2-8-16(11)10-4-6-14-7-5-10/h2-3,8-10,14H,4-7H2,1H3,(H,15,17)(H,18,19). The lowest BCUT2D eigenvalue weighted by molar-refractivity contribution is -0.138. The molecule has 1 aliphatic rings. The summed E-state index contributed by atoms with van der Waals surface area (Å²) in [6.45, 7) is 3.34. The number of hydrogen-bond donors (Lipinski definition) is 3. The van der Waals surface area contributed by atoms with E-state index in [1.165, 1.54) is 6.92 Å². The van der Waals surface area contributed by atoms with Gasteiger partial charge in [-0.2, -0.15) is 0 Å². The second-order valence-electron chi connectivity index (χ2n) is 4.82. The maximum absolute atomic E-state index is 12.1. The summed E-state index contributed by atoms with van der Waals surface area (Å²) in [5.74, 6) is -1.37. The van der Waals surface area contributed by atoms with E-state index in [1.807, 2.05) is 16.8 Å². The molecule has 1 aromatic rings. The van der Waals surface area contributed by atoms with Gasteiger partial charge in [-0.25, -0.2) is 0 Å². The molecule has 2 heterocycles.